The zero-order valence-corrected chi connectivity index (χ0v) is 19.8. The van der Waals surface area contributed by atoms with Gasteiger partial charge in [-0.1, -0.05) is 23.7 Å². The second kappa shape index (κ2) is 10.3. The highest BCUT2D eigenvalue weighted by Gasteiger charge is 2.26. The fourth-order valence-corrected chi connectivity index (χ4v) is 4.70. The molecule has 1 amide bonds. The summed E-state index contributed by atoms with van der Waals surface area (Å²) in [6, 6.07) is 13.4. The van der Waals surface area contributed by atoms with Gasteiger partial charge in [-0.05, 0) is 56.4 Å². The van der Waals surface area contributed by atoms with Crippen LogP contribution in [0.4, 0.5) is 17.5 Å². The van der Waals surface area contributed by atoms with Gasteiger partial charge in [0, 0.05) is 48.7 Å². The molecule has 0 aliphatic carbocycles. The van der Waals surface area contributed by atoms with Crippen molar-refractivity contribution < 1.29 is 4.79 Å². The highest BCUT2D eigenvalue weighted by Crippen LogP contribution is 2.25. The Hall–Kier alpha value is -3.26. The molecule has 2 saturated heterocycles. The molecule has 4 heterocycles. The minimum absolute atomic E-state index is 0.0205. The number of amides is 1. The first-order valence-electron chi connectivity index (χ1n) is 11.9. The van der Waals surface area contributed by atoms with Crippen molar-refractivity contribution in [1.29, 1.82) is 0 Å². The van der Waals surface area contributed by atoms with Crippen LogP contribution >= 0.6 is 11.6 Å². The van der Waals surface area contributed by atoms with E-state index in [1.807, 2.05) is 42.5 Å². The van der Waals surface area contributed by atoms with E-state index in [4.69, 9.17) is 11.6 Å². The summed E-state index contributed by atoms with van der Waals surface area (Å²) in [6.45, 7) is 3.53. The lowest BCUT2D eigenvalue weighted by molar-refractivity contribution is -0.120. The molecule has 0 spiro atoms. The molecule has 34 heavy (non-hydrogen) atoms. The first-order valence-corrected chi connectivity index (χ1v) is 12.3. The average molecular weight is 478 g/mol. The second-order valence-corrected chi connectivity index (χ2v) is 9.28. The summed E-state index contributed by atoms with van der Waals surface area (Å²) in [5.41, 5.74) is 1.79. The second-order valence-electron chi connectivity index (χ2n) is 8.84. The van der Waals surface area contributed by atoms with Gasteiger partial charge in [-0.25, -0.2) is 9.97 Å². The average Bonchev–Trinajstić information content (AvgIpc) is 2.90. The molecule has 0 radical (unpaired) electrons. The van der Waals surface area contributed by atoms with E-state index in [0.29, 0.717) is 10.8 Å². The van der Waals surface area contributed by atoms with Crippen molar-refractivity contribution in [1.82, 2.24) is 20.2 Å². The van der Waals surface area contributed by atoms with E-state index in [1.54, 1.807) is 0 Å². The largest absolute Gasteiger partial charge is 0.356 e. The van der Waals surface area contributed by atoms with Crippen molar-refractivity contribution in [2.75, 3.05) is 41.3 Å². The van der Waals surface area contributed by atoms with Gasteiger partial charge in [-0.15, -0.1) is 10.2 Å². The van der Waals surface area contributed by atoms with Gasteiger partial charge in [-0.2, -0.15) is 0 Å². The van der Waals surface area contributed by atoms with Gasteiger partial charge in [0.05, 0.1) is 5.69 Å². The van der Waals surface area contributed by atoms with E-state index < -0.39 is 0 Å². The van der Waals surface area contributed by atoms with Crippen LogP contribution < -0.4 is 15.1 Å². The topological polar surface area (TPSA) is 87.1 Å². The highest BCUT2D eigenvalue weighted by atomic mass is 35.5. The molecule has 1 aromatic carbocycles. The molecule has 3 aromatic rings. The Morgan fingerprint density at radius 1 is 0.853 bits per heavy atom. The minimum atomic E-state index is -0.0500. The third kappa shape index (κ3) is 5.28. The molecule has 2 fully saturated rings. The molecular formula is C25H28ClN7O. The Morgan fingerprint density at radius 2 is 1.59 bits per heavy atom. The number of nitrogens with zero attached hydrogens (tertiary/aromatic N) is 6. The fourth-order valence-electron chi connectivity index (χ4n) is 4.58. The number of carbonyl (C=O) groups excluding carboxylic acids is 1. The molecule has 2 aliphatic heterocycles. The molecule has 9 heteroatoms. The van der Waals surface area contributed by atoms with Crippen molar-refractivity contribution in [2.24, 2.45) is 5.92 Å². The quantitative estimate of drug-likeness (QED) is 0.581. The van der Waals surface area contributed by atoms with Crippen LogP contribution in [0.5, 0.6) is 0 Å². The Bertz CT molecular complexity index is 1110. The molecule has 1 N–H and O–H groups in total. The van der Waals surface area contributed by atoms with Crippen molar-refractivity contribution in [3.8, 4) is 11.3 Å². The predicted molar refractivity (Wildman–Crippen MR) is 134 cm³/mol. The van der Waals surface area contributed by atoms with E-state index in [9.17, 15) is 4.79 Å². The fraction of sp³-hybridized carbons (Fsp3) is 0.400. The lowest BCUT2D eigenvalue weighted by Gasteiger charge is -2.32. The molecule has 0 atom stereocenters. The van der Waals surface area contributed by atoms with Crippen LogP contribution in [0, 0.1) is 5.92 Å². The molecule has 0 saturated carbocycles. The van der Waals surface area contributed by atoms with E-state index in [1.165, 1.54) is 25.6 Å². The SMILES string of the molecule is O=C(Nc1cc(N2CCCCC2)ncn1)C1CCN(c2ccc(-c3ccc(Cl)cc3)nn2)CC1. The molecule has 5 rings (SSSR count). The molecule has 0 bridgehead atoms. The van der Waals surface area contributed by atoms with E-state index >= 15 is 0 Å². The highest BCUT2D eigenvalue weighted by molar-refractivity contribution is 6.30. The summed E-state index contributed by atoms with van der Waals surface area (Å²) in [7, 11) is 0. The summed E-state index contributed by atoms with van der Waals surface area (Å²) in [4.78, 5) is 26.0. The molecule has 8 nitrogen and oxygen atoms in total. The maximum Gasteiger partial charge on any atom is 0.228 e. The smallest absolute Gasteiger partial charge is 0.228 e. The molecular weight excluding hydrogens is 450 g/mol. The van der Waals surface area contributed by atoms with Crippen molar-refractivity contribution in [3.63, 3.8) is 0 Å². The standard InChI is InChI=1S/C25H28ClN7O/c26-20-6-4-18(5-7-20)21-8-9-23(31-30-21)33-14-10-19(11-15-33)25(34)29-22-16-24(28-17-27-22)32-12-2-1-3-13-32/h4-9,16-17,19H,1-3,10-15H2,(H,27,28,29,34). The Labute approximate surface area is 204 Å². The number of hydrogen-bond acceptors (Lipinski definition) is 7. The predicted octanol–water partition coefficient (Wildman–Crippen LogP) is 4.43. The first-order chi connectivity index (χ1) is 16.7. The number of anilines is 3. The van der Waals surface area contributed by atoms with Crippen LogP contribution in [0.3, 0.4) is 0 Å². The van der Waals surface area contributed by atoms with Gasteiger partial charge in [0.1, 0.15) is 18.0 Å². The number of nitrogens with one attached hydrogen (secondary N) is 1. The van der Waals surface area contributed by atoms with Crippen LogP contribution in [-0.4, -0.2) is 52.3 Å². The summed E-state index contributed by atoms with van der Waals surface area (Å²) >= 11 is 5.96. The van der Waals surface area contributed by atoms with Gasteiger partial charge >= 0.3 is 0 Å². The van der Waals surface area contributed by atoms with Crippen LogP contribution in [0.1, 0.15) is 32.1 Å². The van der Waals surface area contributed by atoms with Gasteiger partial charge in [-0.3, -0.25) is 4.79 Å². The number of halogens is 1. The zero-order chi connectivity index (χ0) is 23.3. The molecule has 176 valence electrons. The number of benzene rings is 1. The van der Waals surface area contributed by atoms with Gasteiger partial charge < -0.3 is 15.1 Å². The van der Waals surface area contributed by atoms with Crippen molar-refractivity contribution >= 4 is 35.0 Å². The van der Waals surface area contributed by atoms with Gasteiger partial charge in [0.25, 0.3) is 0 Å². The third-order valence-electron chi connectivity index (χ3n) is 6.56. The monoisotopic (exact) mass is 477 g/mol. The van der Waals surface area contributed by atoms with Crippen molar-refractivity contribution in [2.45, 2.75) is 32.1 Å². The number of rotatable bonds is 5. The summed E-state index contributed by atoms with van der Waals surface area (Å²) < 4.78 is 0. The number of piperidine rings is 2. The zero-order valence-electron chi connectivity index (χ0n) is 19.0. The van der Waals surface area contributed by atoms with Gasteiger partial charge in [0.2, 0.25) is 5.91 Å². The van der Waals surface area contributed by atoms with Crippen LogP contribution in [0.25, 0.3) is 11.3 Å². The maximum absolute atomic E-state index is 12.9. The third-order valence-corrected chi connectivity index (χ3v) is 6.82. The Kier molecular flexibility index (Phi) is 6.85. The van der Waals surface area contributed by atoms with Crippen molar-refractivity contribution in [3.05, 3.63) is 53.8 Å². The number of hydrogen-bond donors (Lipinski definition) is 1. The van der Waals surface area contributed by atoms with E-state index in [-0.39, 0.29) is 11.8 Å². The number of aromatic nitrogens is 4. The van der Waals surface area contributed by atoms with E-state index in [2.05, 4.69) is 35.3 Å². The van der Waals surface area contributed by atoms with E-state index in [0.717, 1.165) is 61.9 Å². The summed E-state index contributed by atoms with van der Waals surface area (Å²) in [5, 5.41) is 12.5. The molecule has 0 unspecified atom stereocenters. The lowest BCUT2D eigenvalue weighted by atomic mass is 9.96. The van der Waals surface area contributed by atoms with Crippen LogP contribution in [-0.2, 0) is 4.79 Å². The normalized spacial score (nSPS) is 17.0. The van der Waals surface area contributed by atoms with Crippen LogP contribution in [0.2, 0.25) is 5.02 Å². The Morgan fingerprint density at radius 3 is 2.29 bits per heavy atom. The van der Waals surface area contributed by atoms with Crippen LogP contribution in [0.15, 0.2) is 48.8 Å². The maximum atomic E-state index is 12.9. The molecule has 2 aromatic heterocycles. The Balaban J connectivity index is 1.15. The summed E-state index contributed by atoms with van der Waals surface area (Å²) in [6.07, 6.45) is 6.68. The molecule has 2 aliphatic rings. The first kappa shape index (κ1) is 22.5. The number of carbonyl (C=O) groups is 1. The minimum Gasteiger partial charge on any atom is -0.356 e. The van der Waals surface area contributed by atoms with Gasteiger partial charge in [0.15, 0.2) is 5.82 Å². The summed E-state index contributed by atoms with van der Waals surface area (Å²) in [5.74, 6) is 2.27. The lowest BCUT2D eigenvalue weighted by Crippen LogP contribution is -2.38.